The number of hydrazine groups is 1. The lowest BCUT2D eigenvalue weighted by atomic mass is 10.1. The zero-order chi connectivity index (χ0) is 15.4. The fourth-order valence-electron chi connectivity index (χ4n) is 2.39. The van der Waals surface area contributed by atoms with Crippen molar-refractivity contribution in [3.05, 3.63) is 24.3 Å². The Hall–Kier alpha value is -2.08. The molecular weight excluding hydrogens is 270 g/mol. The van der Waals surface area contributed by atoms with Gasteiger partial charge in [-0.2, -0.15) is 0 Å². The van der Waals surface area contributed by atoms with Crippen molar-refractivity contribution in [2.75, 3.05) is 32.1 Å². The molecule has 1 heterocycles. The molecule has 0 radical (unpaired) electrons. The number of anilines is 1. The van der Waals surface area contributed by atoms with Crippen molar-refractivity contribution in [3.63, 3.8) is 0 Å². The van der Waals surface area contributed by atoms with Gasteiger partial charge in [-0.1, -0.05) is 12.1 Å². The summed E-state index contributed by atoms with van der Waals surface area (Å²) < 4.78 is 5.56. The van der Waals surface area contributed by atoms with Gasteiger partial charge in [-0.15, -0.1) is 0 Å². The van der Waals surface area contributed by atoms with Crippen LogP contribution in [0.4, 0.5) is 5.69 Å². The van der Waals surface area contributed by atoms with Crippen LogP contribution in [-0.2, 0) is 9.59 Å². The van der Waals surface area contributed by atoms with Gasteiger partial charge in [-0.3, -0.25) is 15.0 Å². The van der Waals surface area contributed by atoms with E-state index in [-0.39, 0.29) is 24.2 Å². The highest BCUT2D eigenvalue weighted by atomic mass is 16.5. The Labute approximate surface area is 124 Å². The molecule has 1 saturated heterocycles. The van der Waals surface area contributed by atoms with Crippen molar-refractivity contribution in [2.24, 2.45) is 5.92 Å². The third-order valence-electron chi connectivity index (χ3n) is 3.29. The van der Waals surface area contributed by atoms with Crippen LogP contribution in [0.25, 0.3) is 0 Å². The maximum Gasteiger partial charge on any atom is 0.239 e. The molecule has 2 rings (SSSR count). The number of benzene rings is 1. The van der Waals surface area contributed by atoms with Crippen LogP contribution in [0, 0.1) is 5.92 Å². The zero-order valence-corrected chi connectivity index (χ0v) is 12.6. The van der Waals surface area contributed by atoms with Gasteiger partial charge in [-0.05, 0) is 19.1 Å². The lowest BCUT2D eigenvalue weighted by molar-refractivity contribution is -0.129. The third-order valence-corrected chi connectivity index (χ3v) is 3.29. The molecule has 21 heavy (non-hydrogen) atoms. The molecule has 1 N–H and O–H groups in total. The summed E-state index contributed by atoms with van der Waals surface area (Å²) in [6.07, 6.45) is 0.222. The Balaban J connectivity index is 2.15. The number of nitrogens with one attached hydrogen (secondary N) is 1. The minimum absolute atomic E-state index is 0.0546. The Morgan fingerprint density at radius 1 is 1.43 bits per heavy atom. The van der Waals surface area contributed by atoms with Gasteiger partial charge in [0.05, 0.1) is 18.2 Å². The quantitative estimate of drug-likeness (QED) is 0.823. The van der Waals surface area contributed by atoms with E-state index in [2.05, 4.69) is 5.43 Å². The smallest absolute Gasteiger partial charge is 0.239 e. The highest BCUT2D eigenvalue weighted by Crippen LogP contribution is 2.33. The second-order valence-corrected chi connectivity index (χ2v) is 5.18. The molecule has 1 aromatic rings. The van der Waals surface area contributed by atoms with E-state index in [1.807, 2.05) is 31.2 Å². The molecule has 114 valence electrons. The average Bonchev–Trinajstić information content (AvgIpc) is 2.81. The van der Waals surface area contributed by atoms with Crippen LogP contribution < -0.4 is 15.1 Å². The van der Waals surface area contributed by atoms with Gasteiger partial charge in [0.2, 0.25) is 11.8 Å². The summed E-state index contributed by atoms with van der Waals surface area (Å²) in [4.78, 5) is 25.9. The number of amides is 2. The highest BCUT2D eigenvalue weighted by Gasteiger charge is 2.36. The first kappa shape index (κ1) is 15.3. The Morgan fingerprint density at radius 2 is 2.14 bits per heavy atom. The van der Waals surface area contributed by atoms with E-state index in [9.17, 15) is 9.59 Å². The van der Waals surface area contributed by atoms with Crippen LogP contribution in [0.3, 0.4) is 0 Å². The summed E-state index contributed by atoms with van der Waals surface area (Å²) in [5, 5.41) is 1.59. The van der Waals surface area contributed by atoms with E-state index >= 15 is 0 Å². The Kier molecular flexibility index (Phi) is 4.80. The van der Waals surface area contributed by atoms with E-state index < -0.39 is 0 Å². The zero-order valence-electron chi connectivity index (χ0n) is 12.6. The van der Waals surface area contributed by atoms with Crippen molar-refractivity contribution < 1.29 is 14.3 Å². The first-order valence-electron chi connectivity index (χ1n) is 7.03. The summed E-state index contributed by atoms with van der Waals surface area (Å²) in [7, 11) is 3.49. The Morgan fingerprint density at radius 3 is 2.81 bits per heavy atom. The first-order valence-corrected chi connectivity index (χ1v) is 7.03. The van der Waals surface area contributed by atoms with Gasteiger partial charge < -0.3 is 9.64 Å². The second-order valence-electron chi connectivity index (χ2n) is 5.18. The van der Waals surface area contributed by atoms with Crippen LogP contribution >= 0.6 is 0 Å². The van der Waals surface area contributed by atoms with E-state index in [1.54, 1.807) is 24.0 Å². The molecule has 0 aromatic heterocycles. The molecule has 2 amide bonds. The highest BCUT2D eigenvalue weighted by molar-refractivity contribution is 6.01. The lowest BCUT2D eigenvalue weighted by Gasteiger charge is -2.20. The standard InChI is InChI=1S/C15H21N3O3/c1-4-21-13-8-6-5-7-12(13)18-10-11(9-14(18)19)15(20)16-17(2)3/h5-8,11H,4,9-10H2,1-3H3,(H,16,20)/t11-/m1/s1. The first-order chi connectivity index (χ1) is 10.0. The molecular formula is C15H21N3O3. The minimum Gasteiger partial charge on any atom is -0.492 e. The largest absolute Gasteiger partial charge is 0.492 e. The third kappa shape index (κ3) is 3.52. The van der Waals surface area contributed by atoms with Crippen molar-refractivity contribution >= 4 is 17.5 Å². The number of ether oxygens (including phenoxy) is 1. The number of hydrogen-bond acceptors (Lipinski definition) is 4. The van der Waals surface area contributed by atoms with E-state index in [0.717, 1.165) is 5.69 Å². The van der Waals surface area contributed by atoms with Crippen molar-refractivity contribution in [1.82, 2.24) is 10.4 Å². The summed E-state index contributed by atoms with van der Waals surface area (Å²) >= 11 is 0. The van der Waals surface area contributed by atoms with Crippen LogP contribution in [0.15, 0.2) is 24.3 Å². The molecule has 0 saturated carbocycles. The summed E-state index contributed by atoms with van der Waals surface area (Å²) in [6.45, 7) is 2.81. The number of nitrogens with zero attached hydrogens (tertiary/aromatic N) is 2. The maximum atomic E-state index is 12.2. The lowest BCUT2D eigenvalue weighted by Crippen LogP contribution is -2.41. The molecule has 6 heteroatoms. The van der Waals surface area contributed by atoms with Crippen LogP contribution in [0.1, 0.15) is 13.3 Å². The van der Waals surface area contributed by atoms with Crippen LogP contribution in [-0.4, -0.2) is 44.1 Å². The van der Waals surface area contributed by atoms with E-state index in [1.165, 1.54) is 0 Å². The molecule has 6 nitrogen and oxygen atoms in total. The number of hydrogen-bond donors (Lipinski definition) is 1. The predicted molar refractivity (Wildman–Crippen MR) is 79.9 cm³/mol. The summed E-state index contributed by atoms with van der Waals surface area (Å²) in [5.41, 5.74) is 3.43. The molecule has 0 spiro atoms. The fraction of sp³-hybridized carbons (Fsp3) is 0.467. The number of para-hydroxylation sites is 2. The van der Waals surface area contributed by atoms with Gasteiger partial charge in [0.15, 0.2) is 0 Å². The van der Waals surface area contributed by atoms with Crippen LogP contribution in [0.5, 0.6) is 5.75 Å². The molecule has 1 aliphatic heterocycles. The number of carbonyl (C=O) groups excluding carboxylic acids is 2. The van der Waals surface area contributed by atoms with E-state index in [0.29, 0.717) is 18.9 Å². The van der Waals surface area contributed by atoms with Crippen LogP contribution in [0.2, 0.25) is 0 Å². The monoisotopic (exact) mass is 291 g/mol. The Bertz CT molecular complexity index is 531. The minimum atomic E-state index is -0.338. The fourth-order valence-corrected chi connectivity index (χ4v) is 2.39. The number of rotatable bonds is 5. The molecule has 0 aliphatic carbocycles. The van der Waals surface area contributed by atoms with Crippen molar-refractivity contribution in [1.29, 1.82) is 0 Å². The average molecular weight is 291 g/mol. The van der Waals surface area contributed by atoms with Crippen molar-refractivity contribution in [2.45, 2.75) is 13.3 Å². The van der Waals surface area contributed by atoms with Gasteiger partial charge in [-0.25, -0.2) is 5.01 Å². The molecule has 0 unspecified atom stereocenters. The molecule has 1 aliphatic rings. The SMILES string of the molecule is CCOc1ccccc1N1C[C@H](C(=O)NN(C)C)CC1=O. The normalized spacial score (nSPS) is 18.2. The molecule has 1 aromatic carbocycles. The van der Waals surface area contributed by atoms with Gasteiger partial charge in [0, 0.05) is 27.1 Å². The van der Waals surface area contributed by atoms with E-state index in [4.69, 9.17) is 4.74 Å². The molecule has 1 fully saturated rings. The van der Waals surface area contributed by atoms with Gasteiger partial charge in [0.1, 0.15) is 5.75 Å². The number of carbonyl (C=O) groups is 2. The topological polar surface area (TPSA) is 61.9 Å². The molecule has 1 atom stereocenters. The summed E-state index contributed by atoms with van der Waals surface area (Å²) in [6, 6.07) is 7.40. The van der Waals surface area contributed by atoms with Gasteiger partial charge >= 0.3 is 0 Å². The van der Waals surface area contributed by atoms with Crippen molar-refractivity contribution in [3.8, 4) is 5.75 Å². The second kappa shape index (κ2) is 6.58. The predicted octanol–water partition coefficient (Wildman–Crippen LogP) is 1.03. The maximum absolute atomic E-state index is 12.2. The van der Waals surface area contributed by atoms with Gasteiger partial charge in [0.25, 0.3) is 0 Å². The summed E-state index contributed by atoms with van der Waals surface area (Å²) in [5.74, 6) is 0.141. The molecule has 0 bridgehead atoms.